The molecule has 1 heterocycles. The molecule has 5 N–H and O–H groups in total. The van der Waals surface area contributed by atoms with Gasteiger partial charge in [-0.3, -0.25) is 4.99 Å². The first-order chi connectivity index (χ1) is 13.2. The van der Waals surface area contributed by atoms with E-state index in [1.807, 2.05) is 37.4 Å². The molecule has 4 nitrogen and oxygen atoms in total. The third kappa shape index (κ3) is 4.70. The number of anilines is 1. The van der Waals surface area contributed by atoms with Gasteiger partial charge in [-0.05, 0) is 68.0 Å². The summed E-state index contributed by atoms with van der Waals surface area (Å²) in [5.41, 5.74) is 19.5. The van der Waals surface area contributed by atoms with Gasteiger partial charge in [0.05, 0.1) is 12.1 Å². The van der Waals surface area contributed by atoms with Crippen LogP contribution in [0.1, 0.15) is 42.5 Å². The molecule has 1 aliphatic heterocycles. The van der Waals surface area contributed by atoms with Gasteiger partial charge in [0.25, 0.3) is 0 Å². The van der Waals surface area contributed by atoms with E-state index in [4.69, 9.17) is 11.5 Å². The molecule has 2 aromatic carbocycles. The summed E-state index contributed by atoms with van der Waals surface area (Å²) in [5, 5.41) is 10.1. The van der Waals surface area contributed by atoms with Gasteiger partial charge >= 0.3 is 0 Å². The third-order valence-corrected chi connectivity index (χ3v) is 5.05. The molecule has 4 heteroatoms. The van der Waals surface area contributed by atoms with Crippen LogP contribution >= 0.6 is 0 Å². The van der Waals surface area contributed by atoms with Crippen LogP contribution in [-0.4, -0.2) is 17.9 Å². The van der Waals surface area contributed by atoms with Crippen LogP contribution in [0.4, 0.5) is 5.69 Å². The van der Waals surface area contributed by atoms with Gasteiger partial charge in [-0.25, -0.2) is 0 Å². The summed E-state index contributed by atoms with van der Waals surface area (Å²) in [6, 6.07) is 14.2. The number of aryl methyl sites for hydroxylation is 2. The quantitative estimate of drug-likeness (QED) is 0.687. The summed E-state index contributed by atoms with van der Waals surface area (Å²) < 4.78 is 0. The van der Waals surface area contributed by atoms with Crippen molar-refractivity contribution in [1.82, 2.24) is 0 Å². The molecule has 0 spiro atoms. The number of nitrogens with two attached hydrogens (primary N) is 2. The zero-order valence-corrected chi connectivity index (χ0v) is 16.9. The average Bonchev–Trinajstić information content (AvgIpc) is 2.81. The molecule has 146 valence electrons. The monoisotopic (exact) mass is 375 g/mol. The Bertz CT molecular complexity index is 945. The van der Waals surface area contributed by atoms with Crippen LogP contribution in [0.2, 0.25) is 0 Å². The lowest BCUT2D eigenvalue weighted by Crippen LogP contribution is -2.15. The number of benzene rings is 2. The summed E-state index contributed by atoms with van der Waals surface area (Å²) >= 11 is 0. The SMILES string of the molecule is Cc1ccc(C2=C(N)CN=CC(CCc3ccc(C(C)(C)O)cc3)=C2)c(N)c1. The molecule has 2 aromatic rings. The van der Waals surface area contributed by atoms with E-state index in [9.17, 15) is 5.11 Å². The zero-order chi connectivity index (χ0) is 20.3. The van der Waals surface area contributed by atoms with E-state index in [2.05, 4.69) is 29.3 Å². The van der Waals surface area contributed by atoms with Crippen molar-refractivity contribution in [2.75, 3.05) is 12.3 Å². The first-order valence-electron chi connectivity index (χ1n) is 9.61. The number of allylic oxidation sites excluding steroid dienone is 3. The van der Waals surface area contributed by atoms with Gasteiger partial charge in [0.2, 0.25) is 0 Å². The predicted molar refractivity (Wildman–Crippen MR) is 118 cm³/mol. The van der Waals surface area contributed by atoms with Crippen molar-refractivity contribution in [2.45, 2.75) is 39.2 Å². The van der Waals surface area contributed by atoms with Crippen LogP contribution < -0.4 is 11.5 Å². The Kier molecular flexibility index (Phi) is 5.71. The second-order valence-corrected chi connectivity index (χ2v) is 7.97. The predicted octanol–water partition coefficient (Wildman–Crippen LogP) is 4.12. The summed E-state index contributed by atoms with van der Waals surface area (Å²) in [7, 11) is 0. The number of nitrogen functional groups attached to an aromatic ring is 1. The zero-order valence-electron chi connectivity index (χ0n) is 16.9. The maximum absolute atomic E-state index is 10.1. The van der Waals surface area contributed by atoms with Gasteiger partial charge in [0.1, 0.15) is 0 Å². The minimum absolute atomic E-state index is 0.475. The van der Waals surface area contributed by atoms with E-state index >= 15 is 0 Å². The molecule has 0 radical (unpaired) electrons. The molecule has 1 aliphatic rings. The van der Waals surface area contributed by atoms with Crippen molar-refractivity contribution in [2.24, 2.45) is 10.7 Å². The van der Waals surface area contributed by atoms with Crippen molar-refractivity contribution < 1.29 is 5.11 Å². The molecule has 0 unspecified atom stereocenters. The number of hydrogen-bond acceptors (Lipinski definition) is 4. The molecule has 0 aromatic heterocycles. The lowest BCUT2D eigenvalue weighted by Gasteiger charge is -2.17. The standard InChI is InChI=1S/C24H29N3O/c1-16-4-11-20(22(25)12-16)21-13-18(14-27-15-23(21)26)6-5-17-7-9-19(10-8-17)24(2,3)28/h4,7-14,28H,5-6,15,25-26H2,1-3H3. The van der Waals surface area contributed by atoms with E-state index in [-0.39, 0.29) is 0 Å². The van der Waals surface area contributed by atoms with Crippen LogP contribution in [-0.2, 0) is 12.0 Å². The highest BCUT2D eigenvalue weighted by molar-refractivity contribution is 5.91. The summed E-state index contributed by atoms with van der Waals surface area (Å²) in [5.74, 6) is 0. The number of rotatable bonds is 5. The van der Waals surface area contributed by atoms with Gasteiger partial charge in [-0.2, -0.15) is 0 Å². The Labute approximate surface area is 167 Å². The fourth-order valence-electron chi connectivity index (χ4n) is 3.34. The molecule has 0 atom stereocenters. The molecular weight excluding hydrogens is 346 g/mol. The molecule has 0 aliphatic carbocycles. The first-order valence-corrected chi connectivity index (χ1v) is 9.61. The van der Waals surface area contributed by atoms with Crippen molar-refractivity contribution in [1.29, 1.82) is 0 Å². The van der Waals surface area contributed by atoms with Crippen LogP contribution in [0.3, 0.4) is 0 Å². The van der Waals surface area contributed by atoms with E-state index in [0.717, 1.165) is 52.1 Å². The van der Waals surface area contributed by atoms with Crippen LogP contribution in [0, 0.1) is 6.92 Å². The van der Waals surface area contributed by atoms with Gasteiger partial charge in [0, 0.05) is 28.7 Å². The van der Waals surface area contributed by atoms with Crippen molar-refractivity contribution in [3.05, 3.63) is 82.1 Å². The molecule has 0 saturated heterocycles. The fraction of sp³-hybridized carbons (Fsp3) is 0.292. The Balaban J connectivity index is 1.79. The van der Waals surface area contributed by atoms with Gasteiger partial charge in [-0.1, -0.05) is 36.4 Å². The van der Waals surface area contributed by atoms with Gasteiger partial charge in [-0.15, -0.1) is 0 Å². The van der Waals surface area contributed by atoms with Crippen LogP contribution in [0.25, 0.3) is 5.57 Å². The number of nitrogens with zero attached hydrogens (tertiary/aromatic N) is 1. The summed E-state index contributed by atoms with van der Waals surface area (Å²) in [6.45, 7) is 6.09. The largest absolute Gasteiger partial charge is 0.400 e. The molecule has 0 saturated carbocycles. The number of hydrogen-bond donors (Lipinski definition) is 3. The van der Waals surface area contributed by atoms with E-state index in [1.54, 1.807) is 13.8 Å². The van der Waals surface area contributed by atoms with Crippen LogP contribution in [0.5, 0.6) is 0 Å². The first kappa shape index (κ1) is 19.9. The third-order valence-electron chi connectivity index (χ3n) is 5.05. The minimum Gasteiger partial charge on any atom is -0.400 e. The fourth-order valence-corrected chi connectivity index (χ4v) is 3.34. The lowest BCUT2D eigenvalue weighted by molar-refractivity contribution is 0.0786. The van der Waals surface area contributed by atoms with E-state index in [0.29, 0.717) is 6.54 Å². The lowest BCUT2D eigenvalue weighted by atomic mass is 9.94. The Morgan fingerprint density at radius 3 is 2.39 bits per heavy atom. The maximum Gasteiger partial charge on any atom is 0.0840 e. The van der Waals surface area contributed by atoms with Crippen LogP contribution in [0.15, 0.2) is 64.8 Å². The Hall–Kier alpha value is -2.85. The molecule has 3 rings (SSSR count). The van der Waals surface area contributed by atoms with Gasteiger partial charge < -0.3 is 16.6 Å². The van der Waals surface area contributed by atoms with Gasteiger partial charge in [0.15, 0.2) is 0 Å². The molecule has 0 fully saturated rings. The van der Waals surface area contributed by atoms with Crippen molar-refractivity contribution in [3.63, 3.8) is 0 Å². The van der Waals surface area contributed by atoms with E-state index < -0.39 is 5.60 Å². The number of aliphatic imine (C=N–C) groups is 1. The Morgan fingerprint density at radius 2 is 1.75 bits per heavy atom. The van der Waals surface area contributed by atoms with Crippen molar-refractivity contribution in [3.8, 4) is 0 Å². The average molecular weight is 376 g/mol. The molecule has 28 heavy (non-hydrogen) atoms. The highest BCUT2D eigenvalue weighted by atomic mass is 16.3. The topological polar surface area (TPSA) is 84.6 Å². The maximum atomic E-state index is 10.1. The van der Waals surface area contributed by atoms with E-state index in [1.165, 1.54) is 5.56 Å². The number of aliphatic hydroxyl groups is 1. The smallest absolute Gasteiger partial charge is 0.0840 e. The highest BCUT2D eigenvalue weighted by Crippen LogP contribution is 2.28. The van der Waals surface area contributed by atoms with Crippen molar-refractivity contribution >= 4 is 17.5 Å². The summed E-state index contributed by atoms with van der Waals surface area (Å²) in [6.07, 6.45) is 5.77. The molecule has 0 amide bonds. The second-order valence-electron chi connectivity index (χ2n) is 7.97. The Morgan fingerprint density at radius 1 is 1.04 bits per heavy atom. The minimum atomic E-state index is -0.819. The molecule has 0 bridgehead atoms. The normalized spacial score (nSPS) is 14.8. The summed E-state index contributed by atoms with van der Waals surface area (Å²) in [4.78, 5) is 4.46. The highest BCUT2D eigenvalue weighted by Gasteiger charge is 2.15. The second kappa shape index (κ2) is 8.03. The molecular formula is C24H29N3O.